The van der Waals surface area contributed by atoms with E-state index in [1.807, 2.05) is 4.90 Å². The Labute approximate surface area is 196 Å². The van der Waals surface area contributed by atoms with Gasteiger partial charge in [0, 0.05) is 19.6 Å². The summed E-state index contributed by atoms with van der Waals surface area (Å²) in [7, 11) is 0. The summed E-state index contributed by atoms with van der Waals surface area (Å²) in [6, 6.07) is 6.57. The highest BCUT2D eigenvalue weighted by atomic mass is 32.1. The first-order valence-electron chi connectivity index (χ1n) is 11.0. The summed E-state index contributed by atoms with van der Waals surface area (Å²) in [6.45, 7) is 3.30. The number of nitrogens with zero attached hydrogens (tertiary/aromatic N) is 2. The monoisotopic (exact) mass is 495 g/mol. The Morgan fingerprint density at radius 3 is 2.59 bits per heavy atom. The van der Waals surface area contributed by atoms with Crippen LogP contribution in [0.5, 0.6) is 0 Å². The van der Waals surface area contributed by atoms with Gasteiger partial charge in [-0.2, -0.15) is 13.2 Å². The Morgan fingerprint density at radius 1 is 1.18 bits per heavy atom. The van der Waals surface area contributed by atoms with Crippen molar-refractivity contribution in [2.45, 2.75) is 32.0 Å². The number of H-pyrrole nitrogens is 1. The van der Waals surface area contributed by atoms with Crippen LogP contribution in [0.15, 0.2) is 45.3 Å². The lowest BCUT2D eigenvalue weighted by Gasteiger charge is -2.37. The van der Waals surface area contributed by atoms with E-state index in [-0.39, 0.29) is 24.6 Å². The number of aromatic amines is 1. The number of esters is 1. The summed E-state index contributed by atoms with van der Waals surface area (Å²) >= 11 is 1.29. The van der Waals surface area contributed by atoms with Crippen molar-refractivity contribution < 1.29 is 22.7 Å². The second kappa shape index (κ2) is 9.75. The van der Waals surface area contributed by atoms with Crippen LogP contribution in [0.1, 0.15) is 30.4 Å². The molecule has 1 N–H and O–H groups in total. The number of piperidine rings is 1. The molecule has 0 radical (unpaired) electrons. The van der Waals surface area contributed by atoms with Crippen LogP contribution in [-0.2, 0) is 22.3 Å². The van der Waals surface area contributed by atoms with Crippen LogP contribution in [0, 0.1) is 5.92 Å². The number of carbonyl (C=O) groups is 1. The SMILES string of the molecule is CCOC(=O)C1CN(CCn2c(=O)[nH]c3sccc3c2=O)CCC1c1ccc(C(F)(F)F)cc1. The zero-order valence-corrected chi connectivity index (χ0v) is 19.2. The summed E-state index contributed by atoms with van der Waals surface area (Å²) < 4.78 is 45.2. The van der Waals surface area contributed by atoms with Crippen molar-refractivity contribution in [1.82, 2.24) is 14.5 Å². The molecule has 7 nitrogen and oxygen atoms in total. The van der Waals surface area contributed by atoms with Gasteiger partial charge in [-0.3, -0.25) is 19.1 Å². The zero-order chi connectivity index (χ0) is 24.5. The molecule has 182 valence electrons. The second-order valence-electron chi connectivity index (χ2n) is 8.22. The van der Waals surface area contributed by atoms with E-state index in [2.05, 4.69) is 4.98 Å². The molecular weight excluding hydrogens is 471 g/mol. The molecule has 2 unspecified atom stereocenters. The molecule has 2 aromatic heterocycles. The molecule has 0 spiro atoms. The average molecular weight is 496 g/mol. The van der Waals surface area contributed by atoms with Crippen LogP contribution < -0.4 is 11.2 Å². The summed E-state index contributed by atoms with van der Waals surface area (Å²) in [4.78, 5) is 42.9. The largest absolute Gasteiger partial charge is 0.466 e. The molecule has 0 aliphatic carbocycles. The lowest BCUT2D eigenvalue weighted by Crippen LogP contribution is -2.46. The highest BCUT2D eigenvalue weighted by Crippen LogP contribution is 2.36. The number of likely N-dealkylation sites (tertiary alicyclic amines) is 1. The number of alkyl halides is 3. The van der Waals surface area contributed by atoms with Gasteiger partial charge in [0.1, 0.15) is 4.83 Å². The third-order valence-corrected chi connectivity index (χ3v) is 7.03. The van der Waals surface area contributed by atoms with Crippen molar-refractivity contribution in [3.05, 3.63) is 67.7 Å². The first-order chi connectivity index (χ1) is 16.2. The number of halogens is 3. The molecule has 1 aromatic carbocycles. The third-order valence-electron chi connectivity index (χ3n) is 6.20. The van der Waals surface area contributed by atoms with Crippen molar-refractivity contribution in [2.75, 3.05) is 26.2 Å². The van der Waals surface area contributed by atoms with Gasteiger partial charge in [-0.25, -0.2) is 4.79 Å². The molecule has 1 aliphatic rings. The average Bonchev–Trinajstić information content (AvgIpc) is 3.27. The molecule has 11 heteroatoms. The van der Waals surface area contributed by atoms with Crippen LogP contribution in [0.3, 0.4) is 0 Å². The molecule has 4 rings (SSSR count). The molecule has 1 fully saturated rings. The maximum absolute atomic E-state index is 12.9. The molecule has 0 amide bonds. The van der Waals surface area contributed by atoms with Crippen molar-refractivity contribution in [2.24, 2.45) is 5.92 Å². The van der Waals surface area contributed by atoms with Gasteiger partial charge in [0.25, 0.3) is 5.56 Å². The number of hydrogen-bond acceptors (Lipinski definition) is 6. The van der Waals surface area contributed by atoms with Gasteiger partial charge in [0.15, 0.2) is 0 Å². The van der Waals surface area contributed by atoms with Crippen LogP contribution in [0.4, 0.5) is 13.2 Å². The quantitative estimate of drug-likeness (QED) is 0.530. The summed E-state index contributed by atoms with van der Waals surface area (Å²) in [6.07, 6.45) is -3.89. The topological polar surface area (TPSA) is 84.4 Å². The van der Waals surface area contributed by atoms with E-state index in [0.29, 0.717) is 41.8 Å². The summed E-state index contributed by atoms with van der Waals surface area (Å²) in [5, 5.41) is 2.19. The zero-order valence-electron chi connectivity index (χ0n) is 18.4. The van der Waals surface area contributed by atoms with Gasteiger partial charge < -0.3 is 9.64 Å². The Morgan fingerprint density at radius 2 is 1.91 bits per heavy atom. The van der Waals surface area contributed by atoms with Gasteiger partial charge in [0.05, 0.1) is 23.5 Å². The minimum atomic E-state index is -4.43. The lowest BCUT2D eigenvalue weighted by atomic mass is 9.80. The van der Waals surface area contributed by atoms with E-state index in [0.717, 1.165) is 16.7 Å². The van der Waals surface area contributed by atoms with Gasteiger partial charge in [-0.1, -0.05) is 12.1 Å². The third kappa shape index (κ3) is 4.95. The van der Waals surface area contributed by atoms with E-state index >= 15 is 0 Å². The smallest absolute Gasteiger partial charge is 0.416 e. The number of thiophene rings is 1. The van der Waals surface area contributed by atoms with Gasteiger partial charge in [0.2, 0.25) is 0 Å². The highest BCUT2D eigenvalue weighted by Gasteiger charge is 2.37. The molecule has 1 aliphatic heterocycles. The molecule has 0 bridgehead atoms. The summed E-state index contributed by atoms with van der Waals surface area (Å²) in [5.74, 6) is -1.27. The number of aromatic nitrogens is 2. The lowest BCUT2D eigenvalue weighted by molar-refractivity contribution is -0.151. The number of fused-ring (bicyclic) bond motifs is 1. The number of rotatable bonds is 6. The molecule has 1 saturated heterocycles. The second-order valence-corrected chi connectivity index (χ2v) is 9.14. The number of ether oxygens (including phenoxy) is 1. The van der Waals surface area contributed by atoms with Crippen LogP contribution in [0.25, 0.3) is 10.2 Å². The predicted octanol–water partition coefficient (Wildman–Crippen LogP) is 3.44. The van der Waals surface area contributed by atoms with E-state index in [4.69, 9.17) is 4.74 Å². The number of nitrogens with one attached hydrogen (secondary N) is 1. The van der Waals surface area contributed by atoms with E-state index in [1.165, 1.54) is 23.5 Å². The van der Waals surface area contributed by atoms with E-state index in [9.17, 15) is 27.6 Å². The number of hydrogen-bond donors (Lipinski definition) is 1. The Bertz CT molecular complexity index is 1280. The minimum absolute atomic E-state index is 0.153. The molecule has 34 heavy (non-hydrogen) atoms. The van der Waals surface area contributed by atoms with Crippen LogP contribution >= 0.6 is 11.3 Å². The standard InChI is InChI=1S/C23H24F3N3O4S/c1-2-33-21(31)18-13-28(9-7-16(18)14-3-5-15(6-4-14)23(24,25)26)10-11-29-20(30)17-8-12-34-19(17)27-22(29)32/h3-6,8,12,16,18H,2,7,9-11,13H2,1H3,(H,27,32). The molecular formula is C23H24F3N3O4S. The van der Waals surface area contributed by atoms with E-state index < -0.39 is 29.3 Å². The van der Waals surface area contributed by atoms with Crippen molar-refractivity contribution >= 4 is 27.5 Å². The molecule has 2 atom stereocenters. The van der Waals surface area contributed by atoms with Crippen molar-refractivity contribution in [1.29, 1.82) is 0 Å². The maximum Gasteiger partial charge on any atom is 0.416 e. The number of carbonyl (C=O) groups excluding carboxylic acids is 1. The molecule has 3 aromatic rings. The van der Waals surface area contributed by atoms with Gasteiger partial charge in [-0.05, 0) is 54.9 Å². The first kappa shape index (κ1) is 24.2. The minimum Gasteiger partial charge on any atom is -0.466 e. The molecule has 3 heterocycles. The van der Waals surface area contributed by atoms with Crippen LogP contribution in [0.2, 0.25) is 0 Å². The number of benzene rings is 1. The van der Waals surface area contributed by atoms with Crippen molar-refractivity contribution in [3.63, 3.8) is 0 Å². The van der Waals surface area contributed by atoms with E-state index in [1.54, 1.807) is 18.4 Å². The molecule has 0 saturated carbocycles. The van der Waals surface area contributed by atoms with Gasteiger partial charge in [-0.15, -0.1) is 11.3 Å². The fourth-order valence-electron chi connectivity index (χ4n) is 4.45. The summed E-state index contributed by atoms with van der Waals surface area (Å²) in [5.41, 5.74) is -0.927. The highest BCUT2D eigenvalue weighted by molar-refractivity contribution is 7.16. The Hall–Kier alpha value is -2.92. The fraction of sp³-hybridized carbons (Fsp3) is 0.435. The van der Waals surface area contributed by atoms with Crippen molar-refractivity contribution in [3.8, 4) is 0 Å². The maximum atomic E-state index is 12.9. The van der Waals surface area contributed by atoms with Gasteiger partial charge >= 0.3 is 17.8 Å². The predicted molar refractivity (Wildman–Crippen MR) is 122 cm³/mol. The normalized spacial score (nSPS) is 19.4. The van der Waals surface area contributed by atoms with Crippen LogP contribution in [-0.4, -0.2) is 46.7 Å². The Kier molecular flexibility index (Phi) is 6.94. The Balaban J connectivity index is 1.51. The first-order valence-corrected chi connectivity index (χ1v) is 11.8. The fourth-order valence-corrected chi connectivity index (χ4v) is 5.22.